The van der Waals surface area contributed by atoms with Crippen LogP contribution in [0, 0.1) is 0 Å². The first-order valence-electron chi connectivity index (χ1n) is 8.10. The van der Waals surface area contributed by atoms with Crippen molar-refractivity contribution in [2.45, 2.75) is 11.5 Å². The third-order valence-electron chi connectivity index (χ3n) is 4.00. The summed E-state index contributed by atoms with van der Waals surface area (Å²) in [6.07, 6.45) is 1.94. The van der Waals surface area contributed by atoms with Gasteiger partial charge in [-0.2, -0.15) is 0 Å². The van der Waals surface area contributed by atoms with E-state index < -0.39 is 0 Å². The lowest BCUT2D eigenvalue weighted by atomic mass is 10.1. The number of thioether (sulfide) groups is 1. The van der Waals surface area contributed by atoms with E-state index in [0.29, 0.717) is 6.61 Å². The van der Waals surface area contributed by atoms with Crippen molar-refractivity contribution in [3.63, 3.8) is 0 Å². The van der Waals surface area contributed by atoms with Gasteiger partial charge in [-0.1, -0.05) is 66.4 Å². The van der Waals surface area contributed by atoms with Gasteiger partial charge in [-0.3, -0.25) is 4.79 Å². The number of ketones is 1. The molecule has 0 spiro atoms. The van der Waals surface area contributed by atoms with Crippen LogP contribution in [0.25, 0.3) is 6.08 Å². The van der Waals surface area contributed by atoms with Crippen LogP contribution in [0.3, 0.4) is 0 Å². The van der Waals surface area contributed by atoms with Gasteiger partial charge in [-0.05, 0) is 41.5 Å². The summed E-state index contributed by atoms with van der Waals surface area (Å²) in [5.74, 6) is 0.921. The van der Waals surface area contributed by atoms with Gasteiger partial charge in [0.15, 0.2) is 0 Å². The predicted molar refractivity (Wildman–Crippen MR) is 102 cm³/mol. The lowest BCUT2D eigenvalue weighted by Gasteiger charge is -2.06. The van der Waals surface area contributed by atoms with E-state index in [0.717, 1.165) is 32.2 Å². The van der Waals surface area contributed by atoms with E-state index in [4.69, 9.17) is 4.74 Å². The molecule has 0 aromatic heterocycles. The Morgan fingerprint density at radius 1 is 0.840 bits per heavy atom. The number of hydrogen-bond donors (Lipinski definition) is 0. The summed E-state index contributed by atoms with van der Waals surface area (Å²) in [5, 5.41) is 0. The second-order valence-corrected chi connectivity index (χ2v) is 6.86. The van der Waals surface area contributed by atoms with Crippen molar-refractivity contribution in [3.8, 4) is 5.75 Å². The molecule has 0 atom stereocenters. The van der Waals surface area contributed by atoms with Crippen LogP contribution in [0.5, 0.6) is 5.75 Å². The topological polar surface area (TPSA) is 26.3 Å². The average Bonchev–Trinajstić information content (AvgIpc) is 2.98. The van der Waals surface area contributed by atoms with Crippen molar-refractivity contribution in [1.29, 1.82) is 0 Å². The fourth-order valence-corrected chi connectivity index (χ4v) is 3.74. The van der Waals surface area contributed by atoms with Gasteiger partial charge in [0.05, 0.1) is 4.91 Å². The summed E-state index contributed by atoms with van der Waals surface area (Å²) in [5.41, 5.74) is 2.93. The van der Waals surface area contributed by atoms with Crippen molar-refractivity contribution in [3.05, 3.63) is 100 Å². The third-order valence-corrected chi connectivity index (χ3v) is 5.10. The second-order valence-electron chi connectivity index (χ2n) is 5.78. The standard InChI is InChI=1S/C22H16O2S/c23-22-19-8-4-5-9-20(19)25-21(22)14-16-10-12-18(13-11-16)24-15-17-6-2-1-3-7-17/h1-14H,15H2. The molecule has 0 fully saturated rings. The predicted octanol–water partition coefficient (Wildman–Crippen LogP) is 5.60. The Morgan fingerprint density at radius 2 is 1.56 bits per heavy atom. The quantitative estimate of drug-likeness (QED) is 0.577. The van der Waals surface area contributed by atoms with E-state index in [2.05, 4.69) is 0 Å². The van der Waals surface area contributed by atoms with Gasteiger partial charge >= 0.3 is 0 Å². The first-order chi connectivity index (χ1) is 12.3. The number of benzene rings is 3. The number of Topliss-reactive ketones (excluding diaryl/α,β-unsaturated/α-hetero) is 1. The molecule has 1 aliphatic rings. The lowest BCUT2D eigenvalue weighted by Crippen LogP contribution is -1.95. The maximum atomic E-state index is 12.4. The summed E-state index contributed by atoms with van der Waals surface area (Å²) in [7, 11) is 0. The van der Waals surface area contributed by atoms with Crippen LogP contribution in [-0.2, 0) is 6.61 Å². The number of carbonyl (C=O) groups is 1. The number of carbonyl (C=O) groups excluding carboxylic acids is 1. The van der Waals surface area contributed by atoms with Gasteiger partial charge in [0.1, 0.15) is 12.4 Å². The van der Waals surface area contributed by atoms with Crippen LogP contribution in [-0.4, -0.2) is 5.78 Å². The Kier molecular flexibility index (Phi) is 4.40. The van der Waals surface area contributed by atoms with Gasteiger partial charge < -0.3 is 4.74 Å². The summed E-state index contributed by atoms with van der Waals surface area (Å²) in [4.78, 5) is 14.2. The minimum atomic E-state index is 0.102. The smallest absolute Gasteiger partial charge is 0.200 e. The Labute approximate surface area is 151 Å². The van der Waals surface area contributed by atoms with E-state index >= 15 is 0 Å². The van der Waals surface area contributed by atoms with Gasteiger partial charge in [0.2, 0.25) is 5.78 Å². The normalized spacial score (nSPS) is 14.6. The maximum Gasteiger partial charge on any atom is 0.200 e. The Hall–Kier alpha value is -2.78. The zero-order valence-electron chi connectivity index (χ0n) is 13.5. The molecule has 3 aromatic carbocycles. The second kappa shape index (κ2) is 6.99. The molecular weight excluding hydrogens is 328 g/mol. The highest BCUT2D eigenvalue weighted by Crippen LogP contribution is 2.40. The average molecular weight is 344 g/mol. The molecule has 2 nitrogen and oxygen atoms in total. The molecule has 3 heteroatoms. The Bertz CT molecular complexity index is 928. The highest BCUT2D eigenvalue weighted by molar-refractivity contribution is 8.04. The summed E-state index contributed by atoms with van der Waals surface area (Å²) < 4.78 is 5.80. The lowest BCUT2D eigenvalue weighted by molar-refractivity contribution is 0.104. The molecule has 1 heterocycles. The van der Waals surface area contributed by atoms with Crippen molar-refractivity contribution in [2.24, 2.45) is 0 Å². The van der Waals surface area contributed by atoms with Crippen LogP contribution in [0.4, 0.5) is 0 Å². The maximum absolute atomic E-state index is 12.4. The zero-order chi connectivity index (χ0) is 17.1. The molecule has 122 valence electrons. The zero-order valence-corrected chi connectivity index (χ0v) is 14.3. The largest absolute Gasteiger partial charge is 0.489 e. The molecule has 0 N–H and O–H groups in total. The van der Waals surface area contributed by atoms with Gasteiger partial charge in [0, 0.05) is 10.5 Å². The molecule has 3 aromatic rings. The number of hydrogen-bond acceptors (Lipinski definition) is 3. The number of rotatable bonds is 4. The summed E-state index contributed by atoms with van der Waals surface area (Å²) >= 11 is 1.53. The fourth-order valence-electron chi connectivity index (χ4n) is 2.69. The molecule has 0 unspecified atom stereocenters. The molecule has 0 saturated heterocycles. The van der Waals surface area contributed by atoms with Gasteiger partial charge in [0.25, 0.3) is 0 Å². The van der Waals surface area contributed by atoms with Crippen molar-refractivity contribution >= 4 is 23.6 Å². The molecule has 1 aliphatic heterocycles. The van der Waals surface area contributed by atoms with Gasteiger partial charge in [-0.15, -0.1) is 0 Å². The summed E-state index contributed by atoms with van der Waals surface area (Å²) in [6.45, 7) is 0.547. The van der Waals surface area contributed by atoms with E-state index in [1.807, 2.05) is 84.9 Å². The van der Waals surface area contributed by atoms with E-state index in [-0.39, 0.29) is 5.78 Å². The molecule has 25 heavy (non-hydrogen) atoms. The number of allylic oxidation sites excluding steroid dienone is 1. The highest BCUT2D eigenvalue weighted by atomic mass is 32.2. The minimum Gasteiger partial charge on any atom is -0.489 e. The fraction of sp³-hybridized carbons (Fsp3) is 0.0455. The van der Waals surface area contributed by atoms with E-state index in [1.54, 1.807) is 0 Å². The van der Waals surface area contributed by atoms with Crippen LogP contribution < -0.4 is 4.74 Å². The Morgan fingerprint density at radius 3 is 2.32 bits per heavy atom. The molecule has 0 saturated carbocycles. The van der Waals surface area contributed by atoms with Crippen molar-refractivity contribution in [1.82, 2.24) is 0 Å². The SMILES string of the molecule is O=C1C(=Cc2ccc(OCc3ccccc3)cc2)Sc2ccccc21. The van der Waals surface area contributed by atoms with Crippen LogP contribution >= 0.6 is 11.8 Å². The van der Waals surface area contributed by atoms with E-state index in [1.165, 1.54) is 11.8 Å². The molecule has 0 aliphatic carbocycles. The first kappa shape index (κ1) is 15.7. The third kappa shape index (κ3) is 3.52. The highest BCUT2D eigenvalue weighted by Gasteiger charge is 2.24. The summed E-state index contributed by atoms with van der Waals surface area (Å²) in [6, 6.07) is 25.6. The van der Waals surface area contributed by atoms with Crippen LogP contribution in [0.2, 0.25) is 0 Å². The van der Waals surface area contributed by atoms with Crippen LogP contribution in [0.1, 0.15) is 21.5 Å². The molecular formula is C22H16O2S. The molecule has 4 rings (SSSR count). The van der Waals surface area contributed by atoms with Crippen molar-refractivity contribution in [2.75, 3.05) is 0 Å². The van der Waals surface area contributed by atoms with Gasteiger partial charge in [-0.25, -0.2) is 0 Å². The molecule has 0 amide bonds. The van der Waals surface area contributed by atoms with E-state index in [9.17, 15) is 4.79 Å². The minimum absolute atomic E-state index is 0.102. The van der Waals surface area contributed by atoms with Crippen LogP contribution in [0.15, 0.2) is 88.7 Å². The Balaban J connectivity index is 1.45. The van der Waals surface area contributed by atoms with Crippen molar-refractivity contribution < 1.29 is 9.53 Å². The number of fused-ring (bicyclic) bond motifs is 1. The molecule has 0 bridgehead atoms. The number of ether oxygens (including phenoxy) is 1. The molecule has 0 radical (unpaired) electrons. The first-order valence-corrected chi connectivity index (χ1v) is 8.91. The monoisotopic (exact) mass is 344 g/mol.